The lowest BCUT2D eigenvalue weighted by molar-refractivity contribution is 0.204. The molecule has 0 saturated carbocycles. The van der Waals surface area contributed by atoms with Gasteiger partial charge in [-0.2, -0.15) is 9.29 Å². The van der Waals surface area contributed by atoms with Crippen molar-refractivity contribution in [3.63, 3.8) is 0 Å². The highest BCUT2D eigenvalue weighted by Crippen LogP contribution is 2.34. The van der Waals surface area contributed by atoms with E-state index in [2.05, 4.69) is 10.1 Å². The normalized spacial score (nSPS) is 20.5. The molecule has 1 aliphatic rings. The third-order valence-electron chi connectivity index (χ3n) is 3.63. The molecule has 3 rings (SSSR count). The Morgan fingerprint density at radius 3 is 2.67 bits per heavy atom. The number of hydrogen-bond donors (Lipinski definition) is 0. The Bertz CT molecular complexity index is 712. The summed E-state index contributed by atoms with van der Waals surface area (Å²) in [5.74, 6) is 0.902. The van der Waals surface area contributed by atoms with Crippen molar-refractivity contribution in [1.29, 1.82) is 0 Å². The van der Waals surface area contributed by atoms with Crippen LogP contribution in [0.2, 0.25) is 0 Å². The monoisotopic (exact) mass is 307 g/mol. The van der Waals surface area contributed by atoms with Crippen molar-refractivity contribution in [2.24, 2.45) is 0 Å². The van der Waals surface area contributed by atoms with Crippen LogP contribution in [0.15, 0.2) is 39.8 Å². The zero-order chi connectivity index (χ0) is 14.9. The van der Waals surface area contributed by atoms with Crippen LogP contribution in [-0.2, 0) is 10.0 Å². The van der Waals surface area contributed by atoms with Crippen LogP contribution >= 0.6 is 0 Å². The summed E-state index contributed by atoms with van der Waals surface area (Å²) < 4.78 is 32.3. The van der Waals surface area contributed by atoms with E-state index >= 15 is 0 Å². The van der Waals surface area contributed by atoms with E-state index < -0.39 is 10.0 Å². The largest absolute Gasteiger partial charge is 0.338 e. The van der Waals surface area contributed by atoms with E-state index in [4.69, 9.17) is 4.52 Å². The Kier molecular flexibility index (Phi) is 3.77. The Morgan fingerprint density at radius 2 is 2.00 bits per heavy atom. The number of benzene rings is 1. The maximum atomic E-state index is 12.8. The fraction of sp³-hybridized carbons (Fsp3) is 0.429. The minimum atomic E-state index is -3.54. The van der Waals surface area contributed by atoms with Crippen LogP contribution in [0.25, 0.3) is 0 Å². The summed E-state index contributed by atoms with van der Waals surface area (Å²) in [6.07, 6.45) is 2.50. The second-order valence-corrected chi connectivity index (χ2v) is 7.01. The molecule has 0 N–H and O–H groups in total. The van der Waals surface area contributed by atoms with Gasteiger partial charge in [0.2, 0.25) is 15.9 Å². The molecule has 0 unspecified atom stereocenters. The van der Waals surface area contributed by atoms with Gasteiger partial charge in [0.05, 0.1) is 4.90 Å². The van der Waals surface area contributed by atoms with Crippen LogP contribution in [0.4, 0.5) is 0 Å². The molecule has 1 saturated heterocycles. The predicted molar refractivity (Wildman–Crippen MR) is 76.0 cm³/mol. The number of hydrogen-bond acceptors (Lipinski definition) is 5. The summed E-state index contributed by atoms with van der Waals surface area (Å²) in [5, 5.41) is 3.77. The van der Waals surface area contributed by atoms with Crippen molar-refractivity contribution in [1.82, 2.24) is 14.4 Å². The van der Waals surface area contributed by atoms with Crippen molar-refractivity contribution in [2.75, 3.05) is 6.54 Å². The van der Waals surface area contributed by atoms with E-state index in [0.717, 1.165) is 12.8 Å². The molecule has 2 heterocycles. The third-order valence-corrected chi connectivity index (χ3v) is 5.55. The molecule has 112 valence electrons. The number of sulfonamides is 1. The molecule has 1 aromatic carbocycles. The third kappa shape index (κ3) is 2.71. The first-order valence-electron chi connectivity index (χ1n) is 6.96. The van der Waals surface area contributed by atoms with E-state index in [0.29, 0.717) is 29.6 Å². The Labute approximate surface area is 123 Å². The van der Waals surface area contributed by atoms with E-state index in [1.54, 1.807) is 37.3 Å². The number of aryl methyl sites for hydroxylation is 1. The second-order valence-electron chi connectivity index (χ2n) is 5.12. The fourth-order valence-electron chi connectivity index (χ4n) is 2.62. The SMILES string of the molecule is Cc1noc([C@H]2CCCCN2S(=O)(=O)c2ccccc2)n1. The number of nitrogens with zero attached hydrogens (tertiary/aromatic N) is 3. The smallest absolute Gasteiger partial charge is 0.245 e. The molecule has 0 bridgehead atoms. The minimum absolute atomic E-state index is 0.299. The predicted octanol–water partition coefficient (Wildman–Crippen LogP) is 2.29. The summed E-state index contributed by atoms with van der Waals surface area (Å²) in [4.78, 5) is 4.51. The standard InChI is InChI=1S/C14H17N3O3S/c1-11-15-14(20-16-11)13-9-5-6-10-17(13)21(18,19)12-7-3-2-4-8-12/h2-4,7-8,13H,5-6,9-10H2,1H3/t13-/m1/s1. The van der Waals surface area contributed by atoms with Crippen LogP contribution in [0, 0.1) is 6.92 Å². The molecule has 7 heteroatoms. The molecular formula is C14H17N3O3S. The summed E-state index contributed by atoms with van der Waals surface area (Å²) in [5.41, 5.74) is 0. The average Bonchev–Trinajstić information content (AvgIpc) is 2.95. The van der Waals surface area contributed by atoms with E-state index in [1.165, 1.54) is 4.31 Å². The quantitative estimate of drug-likeness (QED) is 0.869. The molecule has 2 aromatic rings. The lowest BCUT2D eigenvalue weighted by Gasteiger charge is -2.32. The Morgan fingerprint density at radius 1 is 1.24 bits per heavy atom. The van der Waals surface area contributed by atoms with Crippen LogP contribution < -0.4 is 0 Å². The number of piperidine rings is 1. The fourth-order valence-corrected chi connectivity index (χ4v) is 4.29. The molecule has 6 nitrogen and oxygen atoms in total. The zero-order valence-electron chi connectivity index (χ0n) is 11.8. The van der Waals surface area contributed by atoms with Crippen molar-refractivity contribution < 1.29 is 12.9 Å². The molecule has 0 spiro atoms. The van der Waals surface area contributed by atoms with E-state index in [1.807, 2.05) is 0 Å². The van der Waals surface area contributed by atoms with Gasteiger partial charge in [0, 0.05) is 6.54 Å². The van der Waals surface area contributed by atoms with Gasteiger partial charge in [-0.3, -0.25) is 0 Å². The summed E-state index contributed by atoms with van der Waals surface area (Å²) in [7, 11) is -3.54. The van der Waals surface area contributed by atoms with Crippen molar-refractivity contribution >= 4 is 10.0 Å². The van der Waals surface area contributed by atoms with Gasteiger partial charge in [0.1, 0.15) is 6.04 Å². The molecule has 1 aliphatic heterocycles. The topological polar surface area (TPSA) is 76.3 Å². The highest BCUT2D eigenvalue weighted by molar-refractivity contribution is 7.89. The molecule has 0 amide bonds. The first-order chi connectivity index (χ1) is 10.1. The first-order valence-corrected chi connectivity index (χ1v) is 8.40. The highest BCUT2D eigenvalue weighted by atomic mass is 32.2. The molecular weight excluding hydrogens is 290 g/mol. The maximum absolute atomic E-state index is 12.8. The number of rotatable bonds is 3. The van der Waals surface area contributed by atoms with Crippen LogP contribution in [0.1, 0.15) is 37.0 Å². The van der Waals surface area contributed by atoms with Gasteiger partial charge in [0.15, 0.2) is 5.82 Å². The van der Waals surface area contributed by atoms with Crippen LogP contribution in [-0.4, -0.2) is 29.4 Å². The zero-order valence-corrected chi connectivity index (χ0v) is 12.6. The molecule has 1 fully saturated rings. The second kappa shape index (κ2) is 5.57. The van der Waals surface area contributed by atoms with Gasteiger partial charge in [-0.05, 0) is 31.9 Å². The average molecular weight is 307 g/mol. The molecule has 21 heavy (non-hydrogen) atoms. The molecule has 1 atom stereocenters. The molecule has 0 radical (unpaired) electrons. The summed E-state index contributed by atoms with van der Waals surface area (Å²) in [6.45, 7) is 2.20. The Balaban J connectivity index is 1.98. The van der Waals surface area contributed by atoms with E-state index in [-0.39, 0.29) is 6.04 Å². The van der Waals surface area contributed by atoms with Gasteiger partial charge in [-0.1, -0.05) is 29.8 Å². The number of aromatic nitrogens is 2. The van der Waals surface area contributed by atoms with E-state index in [9.17, 15) is 8.42 Å². The molecule has 0 aliphatic carbocycles. The van der Waals surface area contributed by atoms with Crippen LogP contribution in [0.3, 0.4) is 0 Å². The van der Waals surface area contributed by atoms with Gasteiger partial charge < -0.3 is 4.52 Å². The highest BCUT2D eigenvalue weighted by Gasteiger charge is 2.37. The van der Waals surface area contributed by atoms with Gasteiger partial charge in [-0.15, -0.1) is 0 Å². The van der Waals surface area contributed by atoms with Gasteiger partial charge >= 0.3 is 0 Å². The lowest BCUT2D eigenvalue weighted by atomic mass is 10.1. The van der Waals surface area contributed by atoms with Crippen LogP contribution in [0.5, 0.6) is 0 Å². The van der Waals surface area contributed by atoms with Gasteiger partial charge in [0.25, 0.3) is 0 Å². The van der Waals surface area contributed by atoms with Crippen molar-refractivity contribution in [2.45, 2.75) is 37.1 Å². The van der Waals surface area contributed by atoms with Crippen molar-refractivity contribution in [3.05, 3.63) is 42.0 Å². The van der Waals surface area contributed by atoms with Gasteiger partial charge in [-0.25, -0.2) is 8.42 Å². The summed E-state index contributed by atoms with van der Waals surface area (Å²) >= 11 is 0. The van der Waals surface area contributed by atoms with Crippen molar-refractivity contribution in [3.8, 4) is 0 Å². The minimum Gasteiger partial charge on any atom is -0.338 e. The Hall–Kier alpha value is -1.73. The first kappa shape index (κ1) is 14.2. The summed E-state index contributed by atoms with van der Waals surface area (Å²) in [6, 6.07) is 8.10. The maximum Gasteiger partial charge on any atom is 0.245 e. The molecule has 1 aromatic heterocycles. The lowest BCUT2D eigenvalue weighted by Crippen LogP contribution is -2.38.